The van der Waals surface area contributed by atoms with Crippen LogP contribution in [-0.2, 0) is 4.79 Å². The van der Waals surface area contributed by atoms with Gasteiger partial charge in [0.2, 0.25) is 0 Å². The van der Waals surface area contributed by atoms with Gasteiger partial charge in [0, 0.05) is 5.56 Å². The minimum atomic E-state index is -0.973. The molecule has 3 aromatic rings. The third kappa shape index (κ3) is 3.60. The first-order valence-electron chi connectivity index (χ1n) is 8.67. The minimum Gasteiger partial charge on any atom is -0.481 e. The highest BCUT2D eigenvalue weighted by atomic mass is 19.1. The topological polar surface area (TPSA) is 50.2 Å². The van der Waals surface area contributed by atoms with Crippen molar-refractivity contribution in [1.29, 1.82) is 0 Å². The Morgan fingerprint density at radius 1 is 0.964 bits per heavy atom. The van der Waals surface area contributed by atoms with Crippen molar-refractivity contribution < 1.29 is 18.7 Å². The first-order chi connectivity index (χ1) is 13.5. The summed E-state index contributed by atoms with van der Waals surface area (Å²) in [5.41, 5.74) is 4.84. The van der Waals surface area contributed by atoms with Crippen molar-refractivity contribution in [2.45, 2.75) is 6.42 Å². The molecule has 4 rings (SSSR count). The molecule has 0 bridgehead atoms. The lowest BCUT2D eigenvalue weighted by Gasteiger charge is -2.05. The van der Waals surface area contributed by atoms with E-state index in [0.29, 0.717) is 22.5 Å². The van der Waals surface area contributed by atoms with Crippen LogP contribution >= 0.6 is 0 Å². The first-order valence-corrected chi connectivity index (χ1v) is 8.67. The van der Waals surface area contributed by atoms with Crippen LogP contribution in [0.3, 0.4) is 0 Å². The molecule has 0 spiro atoms. The second-order valence-corrected chi connectivity index (χ2v) is 6.48. The van der Waals surface area contributed by atoms with E-state index in [1.54, 1.807) is 24.3 Å². The smallest absolute Gasteiger partial charge is 0.307 e. The maximum Gasteiger partial charge on any atom is 0.307 e. The molecule has 0 saturated carbocycles. The molecule has 0 unspecified atom stereocenters. The van der Waals surface area contributed by atoms with E-state index < -0.39 is 11.8 Å². The number of carbonyl (C=O) groups is 1. The number of nitrogens with zero attached hydrogens (tertiary/aromatic N) is 1. The molecule has 138 valence electrons. The Morgan fingerprint density at radius 2 is 1.71 bits per heavy atom. The number of hydrogen-bond donors (Lipinski definition) is 1. The number of carboxylic acids is 1. The van der Waals surface area contributed by atoms with Crippen molar-refractivity contribution in [3.8, 4) is 11.3 Å². The minimum absolute atomic E-state index is 0.184. The Kier molecular flexibility index (Phi) is 4.57. The molecule has 0 radical (unpaired) electrons. The summed E-state index contributed by atoms with van der Waals surface area (Å²) in [5.74, 6) is -1.69. The zero-order valence-electron chi connectivity index (χ0n) is 14.7. The van der Waals surface area contributed by atoms with Crippen LogP contribution in [0.25, 0.3) is 28.5 Å². The van der Waals surface area contributed by atoms with Gasteiger partial charge >= 0.3 is 5.97 Å². The van der Waals surface area contributed by atoms with Gasteiger partial charge < -0.3 is 5.11 Å². The summed E-state index contributed by atoms with van der Waals surface area (Å²) >= 11 is 0. The number of hydrogen-bond acceptors (Lipinski definition) is 2. The summed E-state index contributed by atoms with van der Waals surface area (Å²) in [5, 5.41) is 9.13. The molecule has 3 nitrogen and oxygen atoms in total. The third-order valence-electron chi connectivity index (χ3n) is 4.52. The number of carboxylic acid groups (broad SMARTS) is 1. The molecule has 0 atom stereocenters. The van der Waals surface area contributed by atoms with Crippen LogP contribution < -0.4 is 0 Å². The fourth-order valence-electron chi connectivity index (χ4n) is 3.28. The van der Waals surface area contributed by atoms with Gasteiger partial charge in [-0.05, 0) is 83.0 Å². The third-order valence-corrected chi connectivity index (χ3v) is 4.52. The molecule has 0 aliphatic heterocycles. The van der Waals surface area contributed by atoms with Gasteiger partial charge in [-0.1, -0.05) is 12.1 Å². The predicted octanol–water partition coefficient (Wildman–Crippen LogP) is 5.44. The Morgan fingerprint density at radius 3 is 2.46 bits per heavy atom. The van der Waals surface area contributed by atoms with E-state index in [1.807, 2.05) is 24.3 Å². The van der Waals surface area contributed by atoms with Crippen molar-refractivity contribution in [3.63, 3.8) is 0 Å². The number of fused-ring (bicyclic) bond motifs is 1. The number of allylic oxidation sites excluding steroid dienone is 2. The molecule has 5 heteroatoms. The summed E-state index contributed by atoms with van der Waals surface area (Å²) in [4.78, 5) is 15.7. The molecule has 28 heavy (non-hydrogen) atoms. The van der Waals surface area contributed by atoms with Crippen LogP contribution in [-0.4, -0.2) is 16.1 Å². The average Bonchev–Trinajstić information content (AvgIpc) is 2.98. The fourth-order valence-corrected chi connectivity index (χ4v) is 3.28. The molecule has 0 fully saturated rings. The first kappa shape index (κ1) is 17.8. The van der Waals surface area contributed by atoms with Crippen LogP contribution in [0.1, 0.15) is 23.2 Å². The van der Waals surface area contributed by atoms with E-state index in [4.69, 9.17) is 5.11 Å². The van der Waals surface area contributed by atoms with Crippen LogP contribution in [0.2, 0.25) is 0 Å². The quantitative estimate of drug-likeness (QED) is 0.661. The van der Waals surface area contributed by atoms with Crippen molar-refractivity contribution >= 4 is 23.2 Å². The Labute approximate surface area is 160 Å². The standard InChI is InChI=1S/C23H15F2NO2/c24-17-6-4-14(5-7-17)22-3-1-2-19(26-22)11-15-10-16(12-23(27)28)21-13-18(25)8-9-20(15)21/h1-11,13H,12H2,(H,27,28)/b15-11+. The van der Waals surface area contributed by atoms with Gasteiger partial charge in [-0.15, -0.1) is 0 Å². The molecule has 1 aliphatic rings. The lowest BCUT2D eigenvalue weighted by atomic mass is 10.0. The second-order valence-electron chi connectivity index (χ2n) is 6.48. The Bertz CT molecular complexity index is 1130. The number of rotatable bonds is 4. The Hall–Kier alpha value is -3.60. The average molecular weight is 375 g/mol. The van der Waals surface area contributed by atoms with E-state index in [0.717, 1.165) is 16.7 Å². The number of benzene rings is 2. The van der Waals surface area contributed by atoms with Crippen LogP contribution in [0.4, 0.5) is 8.78 Å². The summed E-state index contributed by atoms with van der Waals surface area (Å²) < 4.78 is 26.8. The molecular weight excluding hydrogens is 360 g/mol. The van der Waals surface area contributed by atoms with E-state index >= 15 is 0 Å². The van der Waals surface area contributed by atoms with Crippen molar-refractivity contribution in [2.24, 2.45) is 0 Å². The molecule has 1 aliphatic carbocycles. The van der Waals surface area contributed by atoms with Gasteiger partial charge in [-0.25, -0.2) is 13.8 Å². The zero-order chi connectivity index (χ0) is 19.7. The van der Waals surface area contributed by atoms with E-state index in [2.05, 4.69) is 4.98 Å². The zero-order valence-corrected chi connectivity index (χ0v) is 14.7. The lowest BCUT2D eigenvalue weighted by Crippen LogP contribution is -1.96. The summed E-state index contributed by atoms with van der Waals surface area (Å²) in [6.45, 7) is 0. The SMILES string of the molecule is O=C(O)CC1=C/C(=C\c2cccc(-c3ccc(F)cc3)n2)c2ccc(F)cc21. The van der Waals surface area contributed by atoms with Gasteiger partial charge in [0.1, 0.15) is 11.6 Å². The number of halogens is 2. The predicted molar refractivity (Wildman–Crippen MR) is 104 cm³/mol. The summed E-state index contributed by atoms with van der Waals surface area (Å²) in [7, 11) is 0. The van der Waals surface area contributed by atoms with Crippen LogP contribution in [0.15, 0.2) is 66.7 Å². The molecule has 0 amide bonds. The number of pyridine rings is 1. The molecule has 1 heterocycles. The van der Waals surface area contributed by atoms with Crippen LogP contribution in [0.5, 0.6) is 0 Å². The van der Waals surface area contributed by atoms with Gasteiger partial charge in [0.05, 0.1) is 17.8 Å². The van der Waals surface area contributed by atoms with E-state index in [-0.39, 0.29) is 12.2 Å². The van der Waals surface area contributed by atoms with Crippen molar-refractivity contribution in [1.82, 2.24) is 4.98 Å². The van der Waals surface area contributed by atoms with E-state index in [1.165, 1.54) is 24.3 Å². The fraction of sp³-hybridized carbons (Fsp3) is 0.0435. The lowest BCUT2D eigenvalue weighted by molar-refractivity contribution is -0.135. The highest BCUT2D eigenvalue weighted by molar-refractivity contribution is 6.04. The maximum atomic E-state index is 13.7. The normalized spacial score (nSPS) is 14.1. The second kappa shape index (κ2) is 7.19. The largest absolute Gasteiger partial charge is 0.481 e. The van der Waals surface area contributed by atoms with Gasteiger partial charge in [0.15, 0.2) is 0 Å². The molecule has 2 aromatic carbocycles. The summed E-state index contributed by atoms with van der Waals surface area (Å²) in [6, 6.07) is 15.9. The Balaban J connectivity index is 1.75. The monoisotopic (exact) mass is 375 g/mol. The molecular formula is C23H15F2NO2. The number of aromatic nitrogens is 1. The van der Waals surface area contributed by atoms with Crippen molar-refractivity contribution in [2.75, 3.05) is 0 Å². The summed E-state index contributed by atoms with van der Waals surface area (Å²) in [6.07, 6.45) is 3.40. The van der Waals surface area contributed by atoms with E-state index in [9.17, 15) is 13.6 Å². The van der Waals surface area contributed by atoms with Crippen molar-refractivity contribution in [3.05, 3.63) is 95.2 Å². The van der Waals surface area contributed by atoms with Crippen LogP contribution in [0, 0.1) is 11.6 Å². The molecule has 1 N–H and O–H groups in total. The highest BCUT2D eigenvalue weighted by Crippen LogP contribution is 2.38. The molecule has 0 saturated heterocycles. The molecule has 1 aromatic heterocycles. The maximum absolute atomic E-state index is 13.7. The number of aliphatic carboxylic acids is 1. The highest BCUT2D eigenvalue weighted by Gasteiger charge is 2.21. The van der Waals surface area contributed by atoms with Gasteiger partial charge in [-0.3, -0.25) is 4.79 Å². The van der Waals surface area contributed by atoms with Gasteiger partial charge in [0.25, 0.3) is 0 Å². The van der Waals surface area contributed by atoms with Gasteiger partial charge in [-0.2, -0.15) is 0 Å².